The molecule has 1 amide bonds. The molecule has 3 heterocycles. The number of amides is 1. The Kier molecular flexibility index (Phi) is 5.79. The van der Waals surface area contributed by atoms with E-state index in [-0.39, 0.29) is 34.5 Å². The minimum atomic E-state index is -0.683. The number of esters is 1. The van der Waals surface area contributed by atoms with Crippen LogP contribution in [0, 0.1) is 11.2 Å². The smallest absolute Gasteiger partial charge is 0.379 e. The second kappa shape index (κ2) is 9.07. The fourth-order valence-electron chi connectivity index (χ4n) is 3.50. The topological polar surface area (TPSA) is 105 Å². The normalized spacial score (nSPS) is 16.2. The summed E-state index contributed by atoms with van der Waals surface area (Å²) in [5.74, 6) is -1.21. The maximum Gasteiger partial charge on any atom is 0.379 e. The van der Waals surface area contributed by atoms with Gasteiger partial charge in [-0.15, -0.1) is 0 Å². The summed E-state index contributed by atoms with van der Waals surface area (Å²) in [5.41, 5.74) is 1.90. The number of rotatable bonds is 5. The number of ether oxygens (including phenoxy) is 2. The van der Waals surface area contributed by atoms with E-state index in [0.717, 1.165) is 0 Å². The highest BCUT2D eigenvalue weighted by molar-refractivity contribution is 8.17. The summed E-state index contributed by atoms with van der Waals surface area (Å²) in [6.07, 6.45) is 2.87. The number of benzene rings is 2. The molecule has 1 N–H and O–H groups in total. The summed E-state index contributed by atoms with van der Waals surface area (Å²) in [6, 6.07) is 13.6. The Labute approximate surface area is 202 Å². The molecule has 0 unspecified atom stereocenters. The molecule has 35 heavy (non-hydrogen) atoms. The largest absolute Gasteiger partial charge is 0.493 e. The number of hydrogen-bond acceptors (Lipinski definition) is 7. The third-order valence-electron chi connectivity index (χ3n) is 5.18. The number of nitrogens with one attached hydrogen (secondary N) is 1. The first-order valence-electron chi connectivity index (χ1n) is 10.2. The molecular formula is C25H16FN3O5S. The molecule has 5 rings (SSSR count). The predicted octanol–water partition coefficient (Wildman–Crippen LogP) is 4.95. The minimum absolute atomic E-state index is 0.0432. The number of carbonyl (C=O) groups is 2. The number of methoxy groups -OCH3 is 1. The lowest BCUT2D eigenvalue weighted by atomic mass is 10.1. The summed E-state index contributed by atoms with van der Waals surface area (Å²) >= 11 is 1.22. The van der Waals surface area contributed by atoms with Crippen molar-refractivity contribution in [1.82, 2.24) is 4.90 Å². The zero-order valence-corrected chi connectivity index (χ0v) is 19.0. The van der Waals surface area contributed by atoms with Gasteiger partial charge in [-0.3, -0.25) is 15.1 Å². The van der Waals surface area contributed by atoms with Gasteiger partial charge in [-0.05, 0) is 65.7 Å². The van der Waals surface area contributed by atoms with E-state index in [2.05, 4.69) is 4.99 Å². The van der Waals surface area contributed by atoms with Crippen LogP contribution in [0.5, 0.6) is 11.5 Å². The number of nitrogens with zero attached hydrogens (tertiary/aromatic N) is 2. The molecule has 1 aromatic heterocycles. The molecule has 0 bridgehead atoms. The van der Waals surface area contributed by atoms with Crippen LogP contribution in [-0.4, -0.2) is 34.9 Å². The lowest BCUT2D eigenvalue weighted by Crippen LogP contribution is -2.38. The van der Waals surface area contributed by atoms with Gasteiger partial charge in [-0.1, -0.05) is 17.8 Å². The lowest BCUT2D eigenvalue weighted by molar-refractivity contribution is -0.114. The van der Waals surface area contributed by atoms with Crippen LogP contribution in [0.25, 0.3) is 11.8 Å². The average molecular weight is 489 g/mol. The SMILES string of the molecule is COc1cc(/C=C2/C(=N)N3C(c4ccc(F)cc4)=CSC3=NC2=O)ccc1OC(=O)c1ccco1. The first-order valence-corrected chi connectivity index (χ1v) is 11.1. The molecule has 0 spiro atoms. The number of thioether (sulfide) groups is 1. The first kappa shape index (κ1) is 22.4. The number of furan rings is 1. The molecule has 0 aliphatic carbocycles. The van der Waals surface area contributed by atoms with E-state index in [1.807, 2.05) is 0 Å². The van der Waals surface area contributed by atoms with Crippen molar-refractivity contribution in [3.63, 3.8) is 0 Å². The molecule has 2 aliphatic heterocycles. The molecule has 0 radical (unpaired) electrons. The van der Waals surface area contributed by atoms with Gasteiger partial charge in [-0.25, -0.2) is 9.18 Å². The van der Waals surface area contributed by atoms with E-state index in [1.165, 1.54) is 55.5 Å². The fraction of sp³-hybridized carbons (Fsp3) is 0.0400. The molecule has 0 saturated heterocycles. The standard InChI is InChI=1S/C25H16FN3O5S/c1-32-21-12-14(4-9-19(21)34-24(31)20-3-2-10-33-20)11-17-22(27)29-18(13-35-25(29)28-23(17)30)15-5-7-16(26)8-6-15/h2-13,27H,1H3/b17-11-,27-22?. The monoisotopic (exact) mass is 489 g/mol. The molecule has 0 fully saturated rings. The zero-order valence-electron chi connectivity index (χ0n) is 18.2. The number of aliphatic imine (C=N–C) groups is 1. The van der Waals surface area contributed by atoms with Crippen molar-refractivity contribution >= 4 is 46.4 Å². The maximum atomic E-state index is 13.4. The number of halogens is 1. The van der Waals surface area contributed by atoms with Gasteiger partial charge in [0.05, 0.1) is 24.6 Å². The van der Waals surface area contributed by atoms with Gasteiger partial charge in [0.1, 0.15) is 11.7 Å². The van der Waals surface area contributed by atoms with Gasteiger partial charge in [0.2, 0.25) is 5.76 Å². The van der Waals surface area contributed by atoms with Crippen LogP contribution < -0.4 is 9.47 Å². The van der Waals surface area contributed by atoms with E-state index in [1.54, 1.807) is 40.6 Å². The van der Waals surface area contributed by atoms with Crippen molar-refractivity contribution < 1.29 is 27.9 Å². The lowest BCUT2D eigenvalue weighted by Gasteiger charge is -2.27. The molecule has 174 valence electrons. The van der Waals surface area contributed by atoms with Crippen molar-refractivity contribution in [3.05, 3.63) is 94.5 Å². The summed E-state index contributed by atoms with van der Waals surface area (Å²) in [7, 11) is 1.42. The molecule has 2 aromatic carbocycles. The minimum Gasteiger partial charge on any atom is -0.493 e. The van der Waals surface area contributed by atoms with Crippen molar-refractivity contribution in [2.24, 2.45) is 4.99 Å². The zero-order chi connectivity index (χ0) is 24.5. The molecule has 0 atom stereocenters. The Bertz CT molecular complexity index is 1440. The van der Waals surface area contributed by atoms with Crippen LogP contribution in [0.2, 0.25) is 0 Å². The predicted molar refractivity (Wildman–Crippen MR) is 129 cm³/mol. The Balaban J connectivity index is 1.43. The van der Waals surface area contributed by atoms with E-state index in [9.17, 15) is 14.0 Å². The van der Waals surface area contributed by atoms with Gasteiger partial charge in [0.15, 0.2) is 16.7 Å². The quantitative estimate of drug-likeness (QED) is 0.307. The van der Waals surface area contributed by atoms with Crippen LogP contribution >= 0.6 is 11.8 Å². The summed E-state index contributed by atoms with van der Waals surface area (Å²) in [4.78, 5) is 30.6. The van der Waals surface area contributed by atoms with E-state index in [4.69, 9.17) is 19.3 Å². The van der Waals surface area contributed by atoms with Crippen molar-refractivity contribution in [3.8, 4) is 11.5 Å². The molecule has 10 heteroatoms. The fourth-order valence-corrected chi connectivity index (χ4v) is 4.39. The Hall–Kier alpha value is -4.44. The van der Waals surface area contributed by atoms with Gasteiger partial charge in [0, 0.05) is 5.41 Å². The Morgan fingerprint density at radius 1 is 1.17 bits per heavy atom. The Morgan fingerprint density at radius 2 is 1.97 bits per heavy atom. The second-order valence-corrected chi connectivity index (χ2v) is 8.18. The highest BCUT2D eigenvalue weighted by Gasteiger charge is 2.36. The molecule has 0 saturated carbocycles. The number of fused-ring (bicyclic) bond motifs is 1. The van der Waals surface area contributed by atoms with Crippen LogP contribution in [0.3, 0.4) is 0 Å². The molecule has 2 aliphatic rings. The van der Waals surface area contributed by atoms with Crippen molar-refractivity contribution in [2.45, 2.75) is 0 Å². The van der Waals surface area contributed by atoms with E-state index >= 15 is 0 Å². The number of carbonyl (C=O) groups excluding carboxylic acids is 2. The van der Waals surface area contributed by atoms with Crippen molar-refractivity contribution in [2.75, 3.05) is 7.11 Å². The third kappa shape index (κ3) is 4.26. The highest BCUT2D eigenvalue weighted by atomic mass is 32.2. The maximum absolute atomic E-state index is 13.4. The summed E-state index contributed by atoms with van der Waals surface area (Å²) in [6.45, 7) is 0. The number of hydrogen-bond donors (Lipinski definition) is 1. The summed E-state index contributed by atoms with van der Waals surface area (Å²) in [5, 5.41) is 10.8. The highest BCUT2D eigenvalue weighted by Crippen LogP contribution is 2.38. The van der Waals surface area contributed by atoms with Gasteiger partial charge >= 0.3 is 5.97 Å². The van der Waals surface area contributed by atoms with Crippen LogP contribution in [0.4, 0.5) is 4.39 Å². The van der Waals surface area contributed by atoms with Gasteiger partial charge in [-0.2, -0.15) is 4.99 Å². The van der Waals surface area contributed by atoms with E-state index in [0.29, 0.717) is 22.0 Å². The number of amidine groups is 2. The van der Waals surface area contributed by atoms with E-state index < -0.39 is 11.9 Å². The van der Waals surface area contributed by atoms with Crippen LogP contribution in [0.1, 0.15) is 21.7 Å². The first-order chi connectivity index (χ1) is 16.9. The Morgan fingerprint density at radius 3 is 2.69 bits per heavy atom. The average Bonchev–Trinajstić information content (AvgIpc) is 3.54. The van der Waals surface area contributed by atoms with Gasteiger partial charge in [0.25, 0.3) is 5.91 Å². The molecule has 3 aromatic rings. The third-order valence-corrected chi connectivity index (χ3v) is 6.00. The van der Waals surface area contributed by atoms with Crippen molar-refractivity contribution in [1.29, 1.82) is 5.41 Å². The second-order valence-electron chi connectivity index (χ2n) is 7.35. The van der Waals surface area contributed by atoms with Gasteiger partial charge < -0.3 is 13.9 Å². The summed E-state index contributed by atoms with van der Waals surface area (Å²) < 4.78 is 29.1. The van der Waals surface area contributed by atoms with Crippen LogP contribution in [-0.2, 0) is 4.79 Å². The molecule has 8 nitrogen and oxygen atoms in total. The molecular weight excluding hydrogens is 473 g/mol. The van der Waals surface area contributed by atoms with Crippen LogP contribution in [0.15, 0.2) is 81.3 Å².